The number of benzene rings is 4. The van der Waals surface area contributed by atoms with Gasteiger partial charge in [0.25, 0.3) is 5.91 Å². The molecule has 218 valence electrons. The van der Waals surface area contributed by atoms with Crippen LogP contribution in [0.3, 0.4) is 0 Å². The van der Waals surface area contributed by atoms with Crippen LogP contribution in [-0.2, 0) is 4.79 Å². The number of rotatable bonds is 10. The average molecular weight is 572 g/mol. The van der Waals surface area contributed by atoms with Crippen molar-refractivity contribution in [2.75, 3.05) is 11.9 Å². The lowest BCUT2D eigenvalue weighted by atomic mass is 9.90. The first-order chi connectivity index (χ1) is 21.0. The van der Waals surface area contributed by atoms with Crippen LogP contribution in [0.15, 0.2) is 103 Å². The minimum atomic E-state index is -0.705. The average Bonchev–Trinajstić information content (AvgIpc) is 3.56. The number of hydrogen-bond acceptors (Lipinski definition) is 3. The van der Waals surface area contributed by atoms with Gasteiger partial charge in [-0.3, -0.25) is 9.59 Å². The fraction of sp³-hybridized carbons (Fsp3) is 0.243. The first kappa shape index (κ1) is 28.3. The van der Waals surface area contributed by atoms with Gasteiger partial charge < -0.3 is 19.9 Å². The van der Waals surface area contributed by atoms with E-state index in [0.29, 0.717) is 17.9 Å². The van der Waals surface area contributed by atoms with Gasteiger partial charge >= 0.3 is 0 Å². The number of fused-ring (bicyclic) bond motifs is 2. The van der Waals surface area contributed by atoms with Crippen LogP contribution in [0.5, 0.6) is 5.75 Å². The standard InChI is InChI=1S/C37H37N3O3/c1-4-23-43-27-21-19-26(20-22-27)38-36(41)34(24(3)5-2)40-35(28-15-9-10-16-29(28)37(40)42)32-30-17-11-12-18-31(30)39-33(32)25-13-7-6-8-14-25/h6-22,24,34-35,39H,4-5,23H2,1-3H3,(H,38,41). The van der Waals surface area contributed by atoms with Gasteiger partial charge in [-0.2, -0.15) is 0 Å². The number of carbonyl (C=O) groups excluding carboxylic acids is 2. The minimum Gasteiger partial charge on any atom is -0.494 e. The molecule has 0 saturated heterocycles. The summed E-state index contributed by atoms with van der Waals surface area (Å²) in [5.74, 6) is 0.326. The number of aromatic nitrogens is 1. The van der Waals surface area contributed by atoms with E-state index in [2.05, 4.69) is 48.4 Å². The fourth-order valence-electron chi connectivity index (χ4n) is 6.15. The molecule has 0 spiro atoms. The van der Waals surface area contributed by atoms with Gasteiger partial charge in [0.05, 0.1) is 18.3 Å². The summed E-state index contributed by atoms with van der Waals surface area (Å²) in [5, 5.41) is 4.15. The Kier molecular flexibility index (Phi) is 8.01. The Labute approximate surface area is 252 Å². The van der Waals surface area contributed by atoms with Crippen LogP contribution in [0.2, 0.25) is 0 Å². The number of aromatic amines is 1. The van der Waals surface area contributed by atoms with Crippen molar-refractivity contribution in [1.82, 2.24) is 9.88 Å². The number of ether oxygens (including phenoxy) is 1. The lowest BCUT2D eigenvalue weighted by Crippen LogP contribution is -2.50. The first-order valence-electron chi connectivity index (χ1n) is 15.1. The number of para-hydroxylation sites is 1. The van der Waals surface area contributed by atoms with E-state index in [1.54, 1.807) is 0 Å². The van der Waals surface area contributed by atoms with Crippen molar-refractivity contribution in [3.8, 4) is 17.0 Å². The van der Waals surface area contributed by atoms with E-state index in [4.69, 9.17) is 4.74 Å². The Morgan fingerprint density at radius 1 is 0.907 bits per heavy atom. The summed E-state index contributed by atoms with van der Waals surface area (Å²) in [6.45, 7) is 6.81. The summed E-state index contributed by atoms with van der Waals surface area (Å²) in [7, 11) is 0. The highest BCUT2D eigenvalue weighted by molar-refractivity contribution is 6.06. The minimum absolute atomic E-state index is 0.0988. The quantitative estimate of drug-likeness (QED) is 0.177. The molecule has 3 unspecified atom stereocenters. The smallest absolute Gasteiger partial charge is 0.255 e. The number of anilines is 1. The molecule has 0 fully saturated rings. The maximum absolute atomic E-state index is 14.4. The van der Waals surface area contributed by atoms with Gasteiger partial charge in [0.15, 0.2) is 0 Å². The second-order valence-corrected chi connectivity index (χ2v) is 11.2. The number of nitrogens with one attached hydrogen (secondary N) is 2. The van der Waals surface area contributed by atoms with Crippen LogP contribution in [-0.4, -0.2) is 34.3 Å². The summed E-state index contributed by atoms with van der Waals surface area (Å²) in [6.07, 6.45) is 1.65. The molecule has 4 aromatic carbocycles. The third kappa shape index (κ3) is 5.29. The van der Waals surface area contributed by atoms with Crippen LogP contribution in [0.1, 0.15) is 61.1 Å². The number of nitrogens with zero attached hydrogens (tertiary/aromatic N) is 1. The molecular formula is C37H37N3O3. The monoisotopic (exact) mass is 571 g/mol. The molecule has 2 N–H and O–H groups in total. The summed E-state index contributed by atoms with van der Waals surface area (Å²) in [6, 6.07) is 32.4. The number of carbonyl (C=O) groups is 2. The largest absolute Gasteiger partial charge is 0.494 e. The Balaban J connectivity index is 1.47. The molecule has 2 heterocycles. The van der Waals surface area contributed by atoms with Crippen LogP contribution in [0.25, 0.3) is 22.2 Å². The van der Waals surface area contributed by atoms with E-state index in [0.717, 1.165) is 51.9 Å². The van der Waals surface area contributed by atoms with Gasteiger partial charge in [-0.15, -0.1) is 0 Å². The molecule has 1 aliphatic heterocycles. The summed E-state index contributed by atoms with van der Waals surface area (Å²) in [4.78, 5) is 34.1. The van der Waals surface area contributed by atoms with E-state index < -0.39 is 12.1 Å². The Bertz CT molecular complexity index is 1740. The molecule has 6 nitrogen and oxygen atoms in total. The molecule has 3 atom stereocenters. The predicted molar refractivity (Wildman–Crippen MR) is 172 cm³/mol. The van der Waals surface area contributed by atoms with Gasteiger partial charge in [0, 0.05) is 27.7 Å². The van der Waals surface area contributed by atoms with Crippen LogP contribution in [0.4, 0.5) is 5.69 Å². The maximum Gasteiger partial charge on any atom is 0.255 e. The maximum atomic E-state index is 14.4. The fourth-order valence-corrected chi connectivity index (χ4v) is 6.15. The third-order valence-corrected chi connectivity index (χ3v) is 8.43. The second-order valence-electron chi connectivity index (χ2n) is 11.2. The van der Waals surface area contributed by atoms with Crippen molar-refractivity contribution >= 4 is 28.4 Å². The van der Waals surface area contributed by atoms with Crippen molar-refractivity contribution in [2.45, 2.75) is 45.7 Å². The molecule has 6 heteroatoms. The molecule has 0 bridgehead atoms. The zero-order valence-electron chi connectivity index (χ0n) is 24.8. The molecule has 2 amide bonds. The highest BCUT2D eigenvalue weighted by Gasteiger charge is 2.47. The highest BCUT2D eigenvalue weighted by Crippen LogP contribution is 2.47. The summed E-state index contributed by atoms with van der Waals surface area (Å²) >= 11 is 0. The van der Waals surface area contributed by atoms with E-state index in [-0.39, 0.29) is 17.7 Å². The lowest BCUT2D eigenvalue weighted by Gasteiger charge is -2.36. The van der Waals surface area contributed by atoms with Gasteiger partial charge in [0.2, 0.25) is 5.91 Å². The van der Waals surface area contributed by atoms with Crippen LogP contribution >= 0.6 is 0 Å². The molecule has 0 saturated carbocycles. The molecule has 0 radical (unpaired) electrons. The lowest BCUT2D eigenvalue weighted by molar-refractivity contribution is -0.122. The third-order valence-electron chi connectivity index (χ3n) is 8.43. The number of H-pyrrole nitrogens is 1. The van der Waals surface area contributed by atoms with Crippen molar-refractivity contribution in [3.05, 3.63) is 120 Å². The van der Waals surface area contributed by atoms with Gasteiger partial charge in [-0.1, -0.05) is 93.9 Å². The van der Waals surface area contributed by atoms with Crippen LogP contribution < -0.4 is 10.1 Å². The number of hydrogen-bond donors (Lipinski definition) is 2. The van der Waals surface area contributed by atoms with Gasteiger partial charge in [-0.25, -0.2) is 0 Å². The first-order valence-corrected chi connectivity index (χ1v) is 15.1. The summed E-state index contributed by atoms with van der Waals surface area (Å²) < 4.78 is 5.72. The molecular weight excluding hydrogens is 534 g/mol. The van der Waals surface area contributed by atoms with E-state index in [1.807, 2.05) is 90.7 Å². The van der Waals surface area contributed by atoms with E-state index in [9.17, 15) is 9.59 Å². The van der Waals surface area contributed by atoms with Crippen molar-refractivity contribution in [1.29, 1.82) is 0 Å². The molecule has 5 aromatic rings. The normalized spacial score (nSPS) is 15.7. The molecule has 1 aromatic heterocycles. The molecule has 1 aliphatic rings. The Morgan fingerprint density at radius 3 is 2.35 bits per heavy atom. The van der Waals surface area contributed by atoms with Crippen molar-refractivity contribution in [3.63, 3.8) is 0 Å². The molecule has 0 aliphatic carbocycles. The van der Waals surface area contributed by atoms with E-state index in [1.165, 1.54) is 0 Å². The summed E-state index contributed by atoms with van der Waals surface area (Å²) in [5.41, 5.74) is 6.18. The van der Waals surface area contributed by atoms with Crippen LogP contribution in [0, 0.1) is 5.92 Å². The zero-order valence-corrected chi connectivity index (χ0v) is 24.8. The van der Waals surface area contributed by atoms with Gasteiger partial charge in [-0.05, 0) is 59.9 Å². The van der Waals surface area contributed by atoms with Crippen molar-refractivity contribution in [2.24, 2.45) is 5.92 Å². The van der Waals surface area contributed by atoms with Gasteiger partial charge in [0.1, 0.15) is 11.8 Å². The molecule has 6 rings (SSSR count). The van der Waals surface area contributed by atoms with Crippen molar-refractivity contribution < 1.29 is 14.3 Å². The van der Waals surface area contributed by atoms with E-state index >= 15 is 0 Å². The zero-order chi connectivity index (χ0) is 29.9. The second kappa shape index (κ2) is 12.2. The SMILES string of the molecule is CCCOc1ccc(NC(=O)C(C(C)CC)N2C(=O)c3ccccc3C2c2c(-c3ccccc3)[nH]c3ccccc23)cc1. The Hall–Kier alpha value is -4.84. The topological polar surface area (TPSA) is 74.4 Å². The predicted octanol–water partition coefficient (Wildman–Crippen LogP) is 8.22. The highest BCUT2D eigenvalue weighted by atomic mass is 16.5. The Morgan fingerprint density at radius 2 is 1.60 bits per heavy atom. The number of amides is 2. The molecule has 43 heavy (non-hydrogen) atoms.